The van der Waals surface area contributed by atoms with E-state index in [4.69, 9.17) is 0 Å². The van der Waals surface area contributed by atoms with Gasteiger partial charge in [0, 0.05) is 17.4 Å². The molecule has 6 nitrogen and oxygen atoms in total. The maximum Gasteiger partial charge on any atom is 0.335 e. The number of aromatic nitrogens is 1. The smallest absolute Gasteiger partial charge is 0.335 e. The number of anilines is 1. The second-order valence-electron chi connectivity index (χ2n) is 7.57. The van der Waals surface area contributed by atoms with E-state index >= 15 is 0 Å². The van der Waals surface area contributed by atoms with Gasteiger partial charge in [0.1, 0.15) is 11.4 Å². The zero-order valence-electron chi connectivity index (χ0n) is 16.4. The van der Waals surface area contributed by atoms with Crippen molar-refractivity contribution in [3.8, 4) is 0 Å². The molecule has 0 radical (unpaired) electrons. The average molecular weight is 395 g/mol. The van der Waals surface area contributed by atoms with Crippen LogP contribution in [0.1, 0.15) is 48.7 Å². The quantitative estimate of drug-likeness (QED) is 0.630. The predicted molar refractivity (Wildman–Crippen MR) is 107 cm³/mol. The lowest BCUT2D eigenvalue weighted by molar-refractivity contribution is -0.122. The molecule has 1 aromatic heterocycles. The Morgan fingerprint density at radius 3 is 2.52 bits per heavy atom. The molecule has 0 atom stereocenters. The summed E-state index contributed by atoms with van der Waals surface area (Å²) in [5.41, 5.74) is 2.74. The third-order valence-electron chi connectivity index (χ3n) is 5.68. The largest absolute Gasteiger partial charge is 0.346 e. The predicted octanol–water partition coefficient (Wildman–Crippen LogP) is 4.03. The monoisotopic (exact) mass is 395 g/mol. The highest BCUT2D eigenvalue weighted by molar-refractivity contribution is 6.39. The Kier molecular flexibility index (Phi) is 4.82. The summed E-state index contributed by atoms with van der Waals surface area (Å²) in [6, 6.07) is 6.64. The van der Waals surface area contributed by atoms with E-state index in [0.717, 1.165) is 40.8 Å². The Labute approximate surface area is 168 Å². The second kappa shape index (κ2) is 7.31. The maximum atomic E-state index is 13.6. The van der Waals surface area contributed by atoms with Crippen molar-refractivity contribution in [3.63, 3.8) is 0 Å². The van der Waals surface area contributed by atoms with E-state index in [-0.39, 0.29) is 11.3 Å². The molecule has 1 aromatic carbocycles. The molecular formula is C22H22FN3O3. The number of nitrogens with zero attached hydrogens (tertiary/aromatic N) is 2. The fourth-order valence-electron chi connectivity index (χ4n) is 4.34. The standard InChI is InChI=1S/C22H22FN3O3/c1-13-10-15(14(2)25(13)17-7-3-4-8-17)11-19-20(27)24-22(29)26(21(19)28)18-9-5-6-16(23)12-18/h5-6,9-12,17H,3-4,7-8H2,1-2H3,(H,24,27,29)/b19-11+. The van der Waals surface area contributed by atoms with E-state index in [1.807, 2.05) is 19.9 Å². The highest BCUT2D eigenvalue weighted by Crippen LogP contribution is 2.34. The Hall–Kier alpha value is -3.22. The van der Waals surface area contributed by atoms with Crippen LogP contribution in [0.3, 0.4) is 0 Å². The van der Waals surface area contributed by atoms with Crippen molar-refractivity contribution in [1.29, 1.82) is 0 Å². The van der Waals surface area contributed by atoms with E-state index in [0.29, 0.717) is 6.04 Å². The lowest BCUT2D eigenvalue weighted by atomic mass is 10.1. The number of benzene rings is 1. The number of amides is 4. The van der Waals surface area contributed by atoms with E-state index in [1.165, 1.54) is 37.1 Å². The first-order valence-electron chi connectivity index (χ1n) is 9.72. The number of hydrogen-bond donors (Lipinski definition) is 1. The van der Waals surface area contributed by atoms with Gasteiger partial charge in [-0.1, -0.05) is 18.9 Å². The minimum atomic E-state index is -0.890. The number of halogens is 1. The fraction of sp³-hybridized carbons (Fsp3) is 0.318. The zero-order chi connectivity index (χ0) is 20.7. The first-order chi connectivity index (χ1) is 13.9. The summed E-state index contributed by atoms with van der Waals surface area (Å²) < 4.78 is 15.9. The van der Waals surface area contributed by atoms with Crippen molar-refractivity contribution in [1.82, 2.24) is 9.88 Å². The van der Waals surface area contributed by atoms with Gasteiger partial charge in [-0.2, -0.15) is 0 Å². The fourth-order valence-corrected chi connectivity index (χ4v) is 4.34. The molecule has 1 aliphatic carbocycles. The number of nitrogens with one attached hydrogen (secondary N) is 1. The van der Waals surface area contributed by atoms with Gasteiger partial charge in [-0.25, -0.2) is 14.1 Å². The molecule has 1 saturated heterocycles. The summed E-state index contributed by atoms with van der Waals surface area (Å²) in [7, 11) is 0. The van der Waals surface area contributed by atoms with Crippen LogP contribution < -0.4 is 10.2 Å². The Morgan fingerprint density at radius 1 is 1.10 bits per heavy atom. The molecule has 1 N–H and O–H groups in total. The molecule has 4 rings (SSSR count). The minimum Gasteiger partial charge on any atom is -0.346 e. The molecule has 0 spiro atoms. The first kappa shape index (κ1) is 19.1. The van der Waals surface area contributed by atoms with Gasteiger partial charge in [-0.15, -0.1) is 0 Å². The summed E-state index contributed by atoms with van der Waals surface area (Å²) in [4.78, 5) is 38.4. The van der Waals surface area contributed by atoms with Crippen LogP contribution in [0.4, 0.5) is 14.9 Å². The van der Waals surface area contributed by atoms with Gasteiger partial charge in [0.15, 0.2) is 0 Å². The van der Waals surface area contributed by atoms with Crippen molar-refractivity contribution in [3.05, 3.63) is 58.7 Å². The van der Waals surface area contributed by atoms with Gasteiger partial charge in [0.2, 0.25) is 0 Å². The van der Waals surface area contributed by atoms with Crippen LogP contribution >= 0.6 is 0 Å². The van der Waals surface area contributed by atoms with Gasteiger partial charge < -0.3 is 4.57 Å². The molecule has 1 saturated carbocycles. The van der Waals surface area contributed by atoms with E-state index in [2.05, 4.69) is 9.88 Å². The van der Waals surface area contributed by atoms with Crippen molar-refractivity contribution < 1.29 is 18.8 Å². The van der Waals surface area contributed by atoms with Gasteiger partial charge >= 0.3 is 6.03 Å². The number of aryl methyl sites for hydroxylation is 1. The van der Waals surface area contributed by atoms with Crippen LogP contribution in [0, 0.1) is 19.7 Å². The third-order valence-corrected chi connectivity index (χ3v) is 5.68. The molecule has 4 amide bonds. The van der Waals surface area contributed by atoms with E-state index < -0.39 is 23.7 Å². The topological polar surface area (TPSA) is 71.4 Å². The number of barbiturate groups is 1. The SMILES string of the molecule is Cc1cc(/C=C2\C(=O)NC(=O)N(c3cccc(F)c3)C2=O)c(C)n1C1CCCC1. The minimum absolute atomic E-state index is 0.0716. The number of carbonyl (C=O) groups is 3. The van der Waals surface area contributed by atoms with Crippen molar-refractivity contribution >= 4 is 29.6 Å². The third kappa shape index (κ3) is 3.37. The lowest BCUT2D eigenvalue weighted by Crippen LogP contribution is -2.54. The lowest BCUT2D eigenvalue weighted by Gasteiger charge is -2.26. The van der Waals surface area contributed by atoms with Gasteiger partial charge in [0.25, 0.3) is 11.8 Å². The summed E-state index contributed by atoms with van der Waals surface area (Å²) in [5, 5.41) is 2.17. The molecular weight excluding hydrogens is 373 g/mol. The van der Waals surface area contributed by atoms with Crippen molar-refractivity contribution in [2.45, 2.75) is 45.6 Å². The Bertz CT molecular complexity index is 1050. The molecule has 0 unspecified atom stereocenters. The normalized spacial score (nSPS) is 19.3. The summed E-state index contributed by atoms with van der Waals surface area (Å²) in [6.07, 6.45) is 6.15. The maximum absolute atomic E-state index is 13.6. The van der Waals surface area contributed by atoms with Gasteiger partial charge in [-0.05, 0) is 62.6 Å². The molecule has 2 fully saturated rings. The molecule has 0 bridgehead atoms. The number of urea groups is 1. The Balaban J connectivity index is 1.73. The molecule has 7 heteroatoms. The molecule has 2 aliphatic rings. The second-order valence-corrected chi connectivity index (χ2v) is 7.57. The Morgan fingerprint density at radius 2 is 1.83 bits per heavy atom. The summed E-state index contributed by atoms with van der Waals surface area (Å²) in [6.45, 7) is 3.98. The molecule has 2 heterocycles. The molecule has 150 valence electrons. The van der Waals surface area contributed by atoms with E-state index in [9.17, 15) is 18.8 Å². The highest BCUT2D eigenvalue weighted by Gasteiger charge is 2.37. The molecule has 1 aliphatic heterocycles. The van der Waals surface area contributed by atoms with Gasteiger partial charge in [0.05, 0.1) is 5.69 Å². The first-order valence-corrected chi connectivity index (χ1v) is 9.72. The van der Waals surface area contributed by atoms with Crippen LogP contribution in [0.25, 0.3) is 6.08 Å². The highest BCUT2D eigenvalue weighted by atomic mass is 19.1. The molecule has 29 heavy (non-hydrogen) atoms. The number of imide groups is 2. The van der Waals surface area contributed by atoms with Crippen molar-refractivity contribution in [2.75, 3.05) is 4.90 Å². The van der Waals surface area contributed by atoms with Crippen LogP contribution in [0.2, 0.25) is 0 Å². The van der Waals surface area contributed by atoms with Crippen LogP contribution in [-0.2, 0) is 9.59 Å². The van der Waals surface area contributed by atoms with E-state index in [1.54, 1.807) is 0 Å². The number of carbonyl (C=O) groups excluding carboxylic acids is 3. The van der Waals surface area contributed by atoms with Crippen molar-refractivity contribution in [2.24, 2.45) is 0 Å². The zero-order valence-corrected chi connectivity index (χ0v) is 16.4. The van der Waals surface area contributed by atoms with Crippen LogP contribution in [0.5, 0.6) is 0 Å². The van der Waals surface area contributed by atoms with Crippen LogP contribution in [0.15, 0.2) is 35.9 Å². The van der Waals surface area contributed by atoms with Gasteiger partial charge in [-0.3, -0.25) is 14.9 Å². The molecule has 2 aromatic rings. The number of hydrogen-bond acceptors (Lipinski definition) is 3. The van der Waals surface area contributed by atoms with Crippen LogP contribution in [-0.4, -0.2) is 22.4 Å². The summed E-state index contributed by atoms with van der Waals surface area (Å²) >= 11 is 0. The summed E-state index contributed by atoms with van der Waals surface area (Å²) in [5.74, 6) is -2.10. The number of rotatable bonds is 3. The average Bonchev–Trinajstić information content (AvgIpc) is 3.26.